The SMILES string of the molecule is CCNC(=S)N/N=C\c1cc(I)c(OCc2ccc(Br)cc2)c(OCC)c1. The predicted octanol–water partition coefficient (Wildman–Crippen LogP) is 4.85. The number of hydrogen-bond donors (Lipinski definition) is 2. The van der Waals surface area contributed by atoms with E-state index in [4.69, 9.17) is 21.7 Å². The maximum atomic E-state index is 6.04. The summed E-state index contributed by atoms with van der Waals surface area (Å²) in [6, 6.07) is 11.9. The zero-order chi connectivity index (χ0) is 19.6. The first-order valence-corrected chi connectivity index (χ1v) is 10.7. The smallest absolute Gasteiger partial charge is 0.186 e. The minimum Gasteiger partial charge on any atom is -0.490 e. The maximum absolute atomic E-state index is 6.04. The third kappa shape index (κ3) is 7.27. The number of hydrogen-bond acceptors (Lipinski definition) is 4. The first-order valence-electron chi connectivity index (χ1n) is 8.44. The van der Waals surface area contributed by atoms with Gasteiger partial charge in [-0.05, 0) is 84.0 Å². The van der Waals surface area contributed by atoms with Gasteiger partial charge in [-0.15, -0.1) is 0 Å². The van der Waals surface area contributed by atoms with E-state index in [9.17, 15) is 0 Å². The van der Waals surface area contributed by atoms with Crippen molar-refractivity contribution in [3.63, 3.8) is 0 Å². The lowest BCUT2D eigenvalue weighted by atomic mass is 10.2. The lowest BCUT2D eigenvalue weighted by Gasteiger charge is -2.15. The van der Waals surface area contributed by atoms with Gasteiger partial charge >= 0.3 is 0 Å². The number of ether oxygens (including phenoxy) is 2. The van der Waals surface area contributed by atoms with E-state index in [0.717, 1.165) is 31.5 Å². The van der Waals surface area contributed by atoms with Crippen molar-refractivity contribution in [1.82, 2.24) is 10.7 Å². The van der Waals surface area contributed by atoms with Gasteiger partial charge in [0, 0.05) is 11.0 Å². The molecule has 0 fully saturated rings. The van der Waals surface area contributed by atoms with Crippen LogP contribution in [0, 0.1) is 3.57 Å². The van der Waals surface area contributed by atoms with E-state index >= 15 is 0 Å². The van der Waals surface area contributed by atoms with Crippen LogP contribution in [0.25, 0.3) is 0 Å². The summed E-state index contributed by atoms with van der Waals surface area (Å²) in [7, 11) is 0. The molecule has 0 atom stereocenters. The van der Waals surface area contributed by atoms with Crippen LogP contribution in [0.15, 0.2) is 46.0 Å². The van der Waals surface area contributed by atoms with Crippen LogP contribution in [0.4, 0.5) is 0 Å². The monoisotopic (exact) mass is 561 g/mol. The van der Waals surface area contributed by atoms with Crippen molar-refractivity contribution >= 4 is 62.1 Å². The molecule has 0 amide bonds. The molecule has 27 heavy (non-hydrogen) atoms. The average Bonchev–Trinajstić information content (AvgIpc) is 2.63. The van der Waals surface area contributed by atoms with Crippen molar-refractivity contribution in [3.8, 4) is 11.5 Å². The highest BCUT2D eigenvalue weighted by Crippen LogP contribution is 2.34. The molecular formula is C19H21BrIN3O2S. The fourth-order valence-corrected chi connectivity index (χ4v) is 3.41. The Balaban J connectivity index is 2.13. The molecule has 2 rings (SSSR count). The molecule has 8 heteroatoms. The van der Waals surface area contributed by atoms with E-state index in [2.05, 4.69) is 54.4 Å². The maximum Gasteiger partial charge on any atom is 0.186 e. The fraction of sp³-hybridized carbons (Fsp3) is 0.263. The molecule has 0 bridgehead atoms. The standard InChI is InChI=1S/C19H21BrIN3O2S/c1-3-22-19(27)24-23-11-14-9-16(21)18(17(10-14)25-4-2)26-12-13-5-7-15(20)8-6-13/h5-11H,3-4,12H2,1-2H3,(H2,22,24,27)/b23-11-. The van der Waals surface area contributed by atoms with Gasteiger partial charge in [-0.3, -0.25) is 5.43 Å². The number of hydrazone groups is 1. The third-order valence-electron chi connectivity index (χ3n) is 3.35. The minimum atomic E-state index is 0.468. The number of nitrogens with zero attached hydrogens (tertiary/aromatic N) is 1. The van der Waals surface area contributed by atoms with Gasteiger partial charge in [0.1, 0.15) is 6.61 Å². The van der Waals surface area contributed by atoms with Gasteiger partial charge in [0.05, 0.1) is 16.4 Å². The molecule has 0 heterocycles. The fourth-order valence-electron chi connectivity index (χ4n) is 2.17. The highest BCUT2D eigenvalue weighted by molar-refractivity contribution is 14.1. The Labute approximate surface area is 187 Å². The predicted molar refractivity (Wildman–Crippen MR) is 126 cm³/mol. The topological polar surface area (TPSA) is 54.9 Å². The number of nitrogens with one attached hydrogen (secondary N) is 2. The number of rotatable bonds is 8. The molecule has 2 aromatic rings. The summed E-state index contributed by atoms with van der Waals surface area (Å²) < 4.78 is 13.8. The van der Waals surface area contributed by atoms with E-state index in [1.54, 1.807) is 6.21 Å². The van der Waals surface area contributed by atoms with Gasteiger partial charge in [-0.1, -0.05) is 28.1 Å². The van der Waals surface area contributed by atoms with Gasteiger partial charge in [0.25, 0.3) is 0 Å². The zero-order valence-electron chi connectivity index (χ0n) is 15.1. The molecule has 0 saturated heterocycles. The largest absolute Gasteiger partial charge is 0.490 e. The van der Waals surface area contributed by atoms with Crippen molar-refractivity contribution in [1.29, 1.82) is 0 Å². The van der Waals surface area contributed by atoms with E-state index in [1.165, 1.54) is 0 Å². The van der Waals surface area contributed by atoms with Gasteiger partial charge in [0.2, 0.25) is 0 Å². The van der Waals surface area contributed by atoms with Crippen molar-refractivity contribution in [2.45, 2.75) is 20.5 Å². The molecule has 0 aliphatic rings. The Morgan fingerprint density at radius 1 is 1.22 bits per heavy atom. The average molecular weight is 562 g/mol. The van der Waals surface area contributed by atoms with Crippen LogP contribution in [0.2, 0.25) is 0 Å². The normalized spacial score (nSPS) is 10.7. The Morgan fingerprint density at radius 2 is 1.96 bits per heavy atom. The highest BCUT2D eigenvalue weighted by Gasteiger charge is 2.12. The van der Waals surface area contributed by atoms with Crippen molar-refractivity contribution in [2.75, 3.05) is 13.2 Å². The van der Waals surface area contributed by atoms with Crippen LogP contribution in [0.1, 0.15) is 25.0 Å². The lowest BCUT2D eigenvalue weighted by molar-refractivity contribution is 0.267. The number of thiocarbonyl (C=S) groups is 1. The molecule has 2 aromatic carbocycles. The van der Waals surface area contributed by atoms with Crippen LogP contribution >= 0.6 is 50.7 Å². The van der Waals surface area contributed by atoms with Crippen LogP contribution in [0.3, 0.4) is 0 Å². The van der Waals surface area contributed by atoms with Gasteiger partial charge in [0.15, 0.2) is 16.6 Å². The van der Waals surface area contributed by atoms with Crippen LogP contribution < -0.4 is 20.2 Å². The summed E-state index contributed by atoms with van der Waals surface area (Å²) in [4.78, 5) is 0. The Morgan fingerprint density at radius 3 is 2.63 bits per heavy atom. The van der Waals surface area contributed by atoms with Gasteiger partial charge in [-0.25, -0.2) is 0 Å². The lowest BCUT2D eigenvalue weighted by Crippen LogP contribution is -2.31. The van der Waals surface area contributed by atoms with Crippen molar-refractivity contribution in [2.24, 2.45) is 5.10 Å². The van der Waals surface area contributed by atoms with Gasteiger partial charge < -0.3 is 14.8 Å². The van der Waals surface area contributed by atoms with E-state index in [-0.39, 0.29) is 0 Å². The molecular weight excluding hydrogens is 541 g/mol. The van der Waals surface area contributed by atoms with Gasteiger partial charge in [-0.2, -0.15) is 5.10 Å². The molecule has 0 spiro atoms. The minimum absolute atomic E-state index is 0.468. The molecule has 0 unspecified atom stereocenters. The Bertz CT molecular complexity index is 800. The summed E-state index contributed by atoms with van der Waals surface area (Å²) in [6.45, 7) is 5.69. The van der Waals surface area contributed by atoms with E-state index < -0.39 is 0 Å². The third-order valence-corrected chi connectivity index (χ3v) is 4.91. The van der Waals surface area contributed by atoms with E-state index in [1.807, 2.05) is 50.2 Å². The van der Waals surface area contributed by atoms with Crippen LogP contribution in [-0.2, 0) is 6.61 Å². The Hall–Kier alpha value is -1.39. The Kier molecular flexibility index (Phi) is 9.29. The van der Waals surface area contributed by atoms with Crippen molar-refractivity contribution < 1.29 is 9.47 Å². The molecule has 144 valence electrons. The molecule has 2 N–H and O–H groups in total. The summed E-state index contributed by atoms with van der Waals surface area (Å²) >= 11 is 10.8. The van der Waals surface area contributed by atoms with Crippen LogP contribution in [-0.4, -0.2) is 24.5 Å². The second kappa shape index (κ2) is 11.5. The molecule has 0 saturated carbocycles. The van der Waals surface area contributed by atoms with Crippen molar-refractivity contribution in [3.05, 3.63) is 55.6 Å². The molecule has 0 aliphatic carbocycles. The summed E-state index contributed by atoms with van der Waals surface area (Å²) in [5.74, 6) is 1.42. The molecule has 0 aromatic heterocycles. The molecule has 0 radical (unpaired) electrons. The second-order valence-electron chi connectivity index (χ2n) is 5.41. The molecule has 5 nitrogen and oxygen atoms in total. The summed E-state index contributed by atoms with van der Waals surface area (Å²) in [6.07, 6.45) is 1.70. The first-order chi connectivity index (χ1) is 13.0. The quantitative estimate of drug-likeness (QED) is 0.209. The second-order valence-corrected chi connectivity index (χ2v) is 7.89. The zero-order valence-corrected chi connectivity index (χ0v) is 19.7. The highest BCUT2D eigenvalue weighted by atomic mass is 127. The van der Waals surface area contributed by atoms with E-state index in [0.29, 0.717) is 24.1 Å². The van der Waals surface area contributed by atoms with Crippen LogP contribution in [0.5, 0.6) is 11.5 Å². The molecule has 0 aliphatic heterocycles. The first kappa shape index (κ1) is 21.9. The summed E-state index contributed by atoms with van der Waals surface area (Å²) in [5.41, 5.74) is 4.76. The number of benzene rings is 2. The summed E-state index contributed by atoms with van der Waals surface area (Å²) in [5, 5.41) is 7.62. The number of halogens is 2.